The number of fused-ring (bicyclic) bond motifs is 1. The third-order valence-corrected chi connectivity index (χ3v) is 5.45. The third-order valence-electron chi connectivity index (χ3n) is 5.45. The van der Waals surface area contributed by atoms with Crippen LogP contribution in [0.2, 0.25) is 0 Å². The Labute approximate surface area is 129 Å². The number of rotatable bonds is 4. The van der Waals surface area contributed by atoms with Gasteiger partial charge in [-0.3, -0.25) is 0 Å². The molecule has 0 aromatic heterocycles. The summed E-state index contributed by atoms with van der Waals surface area (Å²) in [4.78, 5) is 0. The van der Waals surface area contributed by atoms with Crippen LogP contribution in [0.4, 0.5) is 0 Å². The maximum absolute atomic E-state index is 5.83. The summed E-state index contributed by atoms with van der Waals surface area (Å²) in [5.41, 5.74) is 1.45. The molecule has 0 spiro atoms. The van der Waals surface area contributed by atoms with E-state index in [-0.39, 0.29) is 0 Å². The highest BCUT2D eigenvalue weighted by molar-refractivity contribution is 5.37. The Morgan fingerprint density at radius 2 is 1.86 bits per heavy atom. The highest BCUT2D eigenvalue weighted by Gasteiger charge is 2.29. The highest BCUT2D eigenvalue weighted by Crippen LogP contribution is 2.41. The lowest BCUT2D eigenvalue weighted by Gasteiger charge is -2.32. The molecule has 116 valence electrons. The molecule has 1 aliphatic heterocycles. The molecule has 1 saturated carbocycles. The van der Waals surface area contributed by atoms with E-state index < -0.39 is 0 Å². The minimum atomic E-state index is 0.706. The van der Waals surface area contributed by atoms with Gasteiger partial charge >= 0.3 is 0 Å². The molecule has 1 aromatic rings. The van der Waals surface area contributed by atoms with Gasteiger partial charge in [-0.2, -0.15) is 0 Å². The number of benzene rings is 1. The average Bonchev–Trinajstić information content (AvgIpc) is 2.74. The Balaban J connectivity index is 1.72. The molecule has 0 amide bonds. The zero-order valence-electron chi connectivity index (χ0n) is 13.3. The summed E-state index contributed by atoms with van der Waals surface area (Å²) in [6.07, 6.45) is 9.67. The summed E-state index contributed by atoms with van der Waals surface area (Å²) < 4.78 is 5.83. The second-order valence-electron chi connectivity index (χ2n) is 6.82. The molecule has 21 heavy (non-hydrogen) atoms. The Kier molecular flexibility index (Phi) is 5.18. The van der Waals surface area contributed by atoms with Gasteiger partial charge in [-0.15, -0.1) is 0 Å². The summed E-state index contributed by atoms with van der Waals surface area (Å²) in [5.74, 6) is 3.59. The van der Waals surface area contributed by atoms with Crippen molar-refractivity contribution in [3.05, 3.63) is 29.8 Å². The van der Waals surface area contributed by atoms with Gasteiger partial charge in [-0.1, -0.05) is 43.9 Å². The van der Waals surface area contributed by atoms with E-state index in [0.29, 0.717) is 5.92 Å². The van der Waals surface area contributed by atoms with Crippen molar-refractivity contribution in [3.8, 4) is 5.75 Å². The van der Waals surface area contributed by atoms with Gasteiger partial charge in [0.05, 0.1) is 6.61 Å². The van der Waals surface area contributed by atoms with Crippen molar-refractivity contribution in [1.29, 1.82) is 0 Å². The number of para-hydroxylation sites is 1. The molecule has 0 radical (unpaired) electrons. The first-order valence-corrected chi connectivity index (χ1v) is 8.75. The molecule has 1 aliphatic carbocycles. The average molecular weight is 287 g/mol. The Hall–Kier alpha value is -1.02. The monoisotopic (exact) mass is 287 g/mol. The molecule has 0 bridgehead atoms. The van der Waals surface area contributed by atoms with Gasteiger partial charge < -0.3 is 10.1 Å². The van der Waals surface area contributed by atoms with Gasteiger partial charge in [0.2, 0.25) is 0 Å². The number of ether oxygens (including phenoxy) is 1. The van der Waals surface area contributed by atoms with Crippen molar-refractivity contribution in [3.63, 3.8) is 0 Å². The molecule has 2 heteroatoms. The van der Waals surface area contributed by atoms with Crippen LogP contribution < -0.4 is 10.1 Å². The van der Waals surface area contributed by atoms with E-state index in [4.69, 9.17) is 4.74 Å². The highest BCUT2D eigenvalue weighted by atomic mass is 16.5. The standard InChI is InChI=1S/C19H29NO/c1-20-14-17-8-4-2-3-7-15(17)13-16-11-12-21-19-10-6-5-9-18(16)19/h5-6,9-10,15-17,20H,2-4,7-8,11-14H2,1H3. The Bertz CT molecular complexity index is 445. The molecule has 2 aliphatic rings. The van der Waals surface area contributed by atoms with Crippen molar-refractivity contribution >= 4 is 0 Å². The molecule has 3 rings (SSSR count). The van der Waals surface area contributed by atoms with Crippen LogP contribution in [-0.2, 0) is 0 Å². The lowest BCUT2D eigenvalue weighted by molar-refractivity contribution is 0.221. The fourth-order valence-electron chi connectivity index (χ4n) is 4.33. The molecule has 3 unspecified atom stereocenters. The first-order chi connectivity index (χ1) is 10.4. The molecular formula is C19H29NO. The van der Waals surface area contributed by atoms with Gasteiger partial charge in [-0.25, -0.2) is 0 Å². The van der Waals surface area contributed by atoms with Crippen LogP contribution in [0.25, 0.3) is 0 Å². The van der Waals surface area contributed by atoms with E-state index >= 15 is 0 Å². The normalized spacial score (nSPS) is 29.3. The third kappa shape index (κ3) is 3.60. The predicted octanol–water partition coefficient (Wildman–Crippen LogP) is 4.36. The van der Waals surface area contributed by atoms with Crippen LogP contribution in [0.1, 0.15) is 56.4 Å². The zero-order valence-corrected chi connectivity index (χ0v) is 13.3. The molecule has 1 aromatic carbocycles. The molecule has 1 fully saturated rings. The number of hydrogen-bond donors (Lipinski definition) is 1. The van der Waals surface area contributed by atoms with E-state index in [9.17, 15) is 0 Å². The van der Waals surface area contributed by atoms with Crippen molar-refractivity contribution in [1.82, 2.24) is 5.32 Å². The van der Waals surface area contributed by atoms with E-state index in [2.05, 4.69) is 36.6 Å². The summed E-state index contributed by atoms with van der Waals surface area (Å²) in [7, 11) is 2.10. The van der Waals surface area contributed by atoms with Crippen LogP contribution in [0.5, 0.6) is 5.75 Å². The van der Waals surface area contributed by atoms with Crippen LogP contribution >= 0.6 is 0 Å². The fraction of sp³-hybridized carbons (Fsp3) is 0.684. The maximum atomic E-state index is 5.83. The van der Waals surface area contributed by atoms with E-state index in [1.165, 1.54) is 57.1 Å². The second kappa shape index (κ2) is 7.31. The van der Waals surface area contributed by atoms with Crippen molar-refractivity contribution in [2.24, 2.45) is 11.8 Å². The SMILES string of the molecule is CNCC1CCCCCC1CC1CCOc2ccccc21. The van der Waals surface area contributed by atoms with Gasteiger partial charge in [0, 0.05) is 0 Å². The molecular weight excluding hydrogens is 258 g/mol. The molecule has 2 nitrogen and oxygen atoms in total. The summed E-state index contributed by atoms with van der Waals surface area (Å²) >= 11 is 0. The first-order valence-electron chi connectivity index (χ1n) is 8.75. The lowest BCUT2D eigenvalue weighted by Crippen LogP contribution is -2.27. The van der Waals surface area contributed by atoms with Gasteiger partial charge in [-0.05, 0) is 62.2 Å². The van der Waals surface area contributed by atoms with E-state index in [0.717, 1.165) is 24.2 Å². The maximum Gasteiger partial charge on any atom is 0.122 e. The molecule has 1 N–H and O–H groups in total. The molecule has 1 heterocycles. The van der Waals surface area contributed by atoms with Crippen LogP contribution in [-0.4, -0.2) is 20.2 Å². The van der Waals surface area contributed by atoms with Crippen molar-refractivity contribution in [2.45, 2.75) is 50.9 Å². The fourth-order valence-corrected chi connectivity index (χ4v) is 4.33. The van der Waals surface area contributed by atoms with Gasteiger partial charge in [0.1, 0.15) is 5.75 Å². The topological polar surface area (TPSA) is 21.3 Å². The van der Waals surface area contributed by atoms with E-state index in [1.807, 2.05) is 0 Å². The first kappa shape index (κ1) is 14.9. The lowest BCUT2D eigenvalue weighted by atomic mass is 9.77. The summed E-state index contributed by atoms with van der Waals surface area (Å²) in [5, 5.41) is 3.43. The van der Waals surface area contributed by atoms with Gasteiger partial charge in [0.15, 0.2) is 0 Å². The van der Waals surface area contributed by atoms with Crippen molar-refractivity contribution in [2.75, 3.05) is 20.2 Å². The summed E-state index contributed by atoms with van der Waals surface area (Å²) in [6, 6.07) is 8.68. The quantitative estimate of drug-likeness (QED) is 0.831. The van der Waals surface area contributed by atoms with Crippen LogP contribution in [0.3, 0.4) is 0 Å². The largest absolute Gasteiger partial charge is 0.493 e. The summed E-state index contributed by atoms with van der Waals surface area (Å²) in [6.45, 7) is 2.08. The minimum absolute atomic E-state index is 0.706. The molecule has 3 atom stereocenters. The van der Waals surface area contributed by atoms with Crippen molar-refractivity contribution < 1.29 is 4.74 Å². The number of nitrogens with one attached hydrogen (secondary N) is 1. The Morgan fingerprint density at radius 1 is 1.05 bits per heavy atom. The minimum Gasteiger partial charge on any atom is -0.493 e. The smallest absolute Gasteiger partial charge is 0.122 e. The molecule has 0 saturated heterocycles. The zero-order chi connectivity index (χ0) is 14.5. The number of hydrogen-bond acceptors (Lipinski definition) is 2. The predicted molar refractivity (Wildman–Crippen MR) is 87.9 cm³/mol. The van der Waals surface area contributed by atoms with E-state index in [1.54, 1.807) is 0 Å². The Morgan fingerprint density at radius 3 is 2.71 bits per heavy atom. The van der Waals surface area contributed by atoms with Gasteiger partial charge in [0.25, 0.3) is 0 Å². The second-order valence-corrected chi connectivity index (χ2v) is 6.82. The van der Waals surface area contributed by atoms with Crippen LogP contribution in [0, 0.1) is 11.8 Å². The van der Waals surface area contributed by atoms with Crippen LogP contribution in [0.15, 0.2) is 24.3 Å².